The van der Waals surface area contributed by atoms with Crippen LogP contribution < -0.4 is 4.74 Å². The molecule has 1 aromatic carbocycles. The van der Waals surface area contributed by atoms with Crippen molar-refractivity contribution in [2.75, 3.05) is 7.11 Å². The fraction of sp³-hybridized carbons (Fsp3) is 0.562. The summed E-state index contributed by atoms with van der Waals surface area (Å²) in [5.74, 6) is 1.39. The lowest BCUT2D eigenvalue weighted by Gasteiger charge is -2.17. The fourth-order valence-corrected chi connectivity index (χ4v) is 2.88. The average molecular weight is 262 g/mol. The van der Waals surface area contributed by atoms with Crippen molar-refractivity contribution < 1.29 is 14.3 Å². The minimum atomic E-state index is 0.0112. The van der Waals surface area contributed by atoms with Gasteiger partial charge in [0, 0.05) is 12.3 Å². The molecule has 104 valence electrons. The number of Topliss-reactive ketones (excluding diaryl/α,β-unsaturated/α-hetero) is 1. The fourth-order valence-electron chi connectivity index (χ4n) is 2.88. The van der Waals surface area contributed by atoms with Gasteiger partial charge in [-0.25, -0.2) is 0 Å². The number of benzene rings is 1. The second-order valence-corrected chi connectivity index (χ2v) is 5.42. The summed E-state index contributed by atoms with van der Waals surface area (Å²) in [4.78, 5) is 12.4. The molecule has 0 aromatic heterocycles. The van der Waals surface area contributed by atoms with Gasteiger partial charge in [-0.3, -0.25) is 4.79 Å². The molecule has 1 aromatic rings. The predicted molar refractivity (Wildman–Crippen MR) is 74.4 cm³/mol. The van der Waals surface area contributed by atoms with Gasteiger partial charge in [0.15, 0.2) is 0 Å². The van der Waals surface area contributed by atoms with Crippen LogP contribution in [0.2, 0.25) is 0 Å². The summed E-state index contributed by atoms with van der Waals surface area (Å²) in [5.41, 5.74) is 1.03. The maximum Gasteiger partial charge on any atom is 0.143 e. The summed E-state index contributed by atoms with van der Waals surface area (Å²) < 4.78 is 10.9. The Labute approximate surface area is 114 Å². The van der Waals surface area contributed by atoms with E-state index >= 15 is 0 Å². The zero-order chi connectivity index (χ0) is 14.0. The predicted octanol–water partition coefficient (Wildman–Crippen LogP) is 2.87. The summed E-state index contributed by atoms with van der Waals surface area (Å²) >= 11 is 0. The smallest absolute Gasteiger partial charge is 0.143 e. The van der Waals surface area contributed by atoms with E-state index < -0.39 is 0 Å². The summed E-state index contributed by atoms with van der Waals surface area (Å²) in [7, 11) is 1.64. The third-order valence-electron chi connectivity index (χ3n) is 4.15. The Balaban J connectivity index is 2.04. The summed E-state index contributed by atoms with van der Waals surface area (Å²) in [6.45, 7) is 6.14. The molecule has 1 aliphatic rings. The summed E-state index contributed by atoms with van der Waals surface area (Å²) in [6, 6.07) is 7.68. The van der Waals surface area contributed by atoms with Crippen molar-refractivity contribution in [3.8, 4) is 5.75 Å². The van der Waals surface area contributed by atoms with Crippen LogP contribution in [0.5, 0.6) is 5.75 Å². The molecule has 4 unspecified atom stereocenters. The van der Waals surface area contributed by atoms with E-state index in [1.54, 1.807) is 7.11 Å². The summed E-state index contributed by atoms with van der Waals surface area (Å²) in [6.07, 6.45) is 0.662. The zero-order valence-corrected chi connectivity index (χ0v) is 12.1. The van der Waals surface area contributed by atoms with E-state index in [2.05, 4.69) is 6.92 Å². The molecule has 0 saturated carbocycles. The highest BCUT2D eigenvalue weighted by molar-refractivity contribution is 5.84. The van der Waals surface area contributed by atoms with Crippen LogP contribution in [0.4, 0.5) is 0 Å². The number of hydrogen-bond acceptors (Lipinski definition) is 3. The molecule has 4 atom stereocenters. The van der Waals surface area contributed by atoms with Crippen molar-refractivity contribution in [3.05, 3.63) is 29.8 Å². The molecule has 3 nitrogen and oxygen atoms in total. The molecule has 0 aliphatic carbocycles. The molecule has 0 spiro atoms. The van der Waals surface area contributed by atoms with Crippen LogP contribution in [-0.4, -0.2) is 25.1 Å². The van der Waals surface area contributed by atoms with E-state index in [1.165, 1.54) is 0 Å². The maximum atomic E-state index is 12.4. The van der Waals surface area contributed by atoms with Gasteiger partial charge in [-0.05, 0) is 37.5 Å². The van der Waals surface area contributed by atoms with Gasteiger partial charge in [0.1, 0.15) is 11.5 Å². The molecule has 1 fully saturated rings. The Hall–Kier alpha value is -1.35. The first-order valence-electron chi connectivity index (χ1n) is 6.84. The van der Waals surface area contributed by atoms with Gasteiger partial charge >= 0.3 is 0 Å². The quantitative estimate of drug-likeness (QED) is 0.837. The molecule has 1 heterocycles. The first kappa shape index (κ1) is 14.1. The minimum Gasteiger partial charge on any atom is -0.497 e. The molecule has 1 aliphatic heterocycles. The highest BCUT2D eigenvalue weighted by Crippen LogP contribution is 2.33. The van der Waals surface area contributed by atoms with Crippen LogP contribution in [0, 0.1) is 11.8 Å². The van der Waals surface area contributed by atoms with Crippen molar-refractivity contribution in [1.29, 1.82) is 0 Å². The molecule has 2 rings (SSSR count). The van der Waals surface area contributed by atoms with E-state index in [0.717, 1.165) is 11.3 Å². The van der Waals surface area contributed by atoms with Crippen molar-refractivity contribution in [2.24, 2.45) is 11.8 Å². The molecular formula is C16H22O3. The Bertz CT molecular complexity index is 438. The molecule has 19 heavy (non-hydrogen) atoms. The molecule has 3 heteroatoms. The molecular weight excluding hydrogens is 240 g/mol. The zero-order valence-electron chi connectivity index (χ0n) is 12.1. The van der Waals surface area contributed by atoms with Crippen LogP contribution in [0.15, 0.2) is 24.3 Å². The Morgan fingerprint density at radius 3 is 2.26 bits per heavy atom. The first-order chi connectivity index (χ1) is 9.02. The maximum absolute atomic E-state index is 12.4. The largest absolute Gasteiger partial charge is 0.497 e. The van der Waals surface area contributed by atoms with Crippen molar-refractivity contribution in [2.45, 2.75) is 39.4 Å². The Morgan fingerprint density at radius 1 is 1.16 bits per heavy atom. The third kappa shape index (κ3) is 2.98. The van der Waals surface area contributed by atoms with Gasteiger partial charge in [0.05, 0.1) is 19.3 Å². The van der Waals surface area contributed by atoms with E-state index in [-0.39, 0.29) is 23.9 Å². The summed E-state index contributed by atoms with van der Waals surface area (Å²) in [5, 5.41) is 0. The highest BCUT2D eigenvalue weighted by atomic mass is 16.5. The molecule has 1 saturated heterocycles. The lowest BCUT2D eigenvalue weighted by Crippen LogP contribution is -2.28. The topological polar surface area (TPSA) is 35.5 Å². The molecule has 0 bridgehead atoms. The number of carbonyl (C=O) groups excluding carboxylic acids is 1. The number of rotatable bonds is 4. The number of methoxy groups -OCH3 is 1. The van der Waals surface area contributed by atoms with E-state index in [9.17, 15) is 4.79 Å². The number of ketones is 1. The number of hydrogen-bond donors (Lipinski definition) is 0. The van der Waals surface area contributed by atoms with Crippen LogP contribution in [-0.2, 0) is 16.0 Å². The Morgan fingerprint density at radius 2 is 1.79 bits per heavy atom. The molecule has 0 radical (unpaired) electrons. The number of carbonyl (C=O) groups is 1. The van der Waals surface area contributed by atoms with Crippen LogP contribution in [0.1, 0.15) is 26.3 Å². The van der Waals surface area contributed by atoms with Gasteiger partial charge in [-0.1, -0.05) is 19.1 Å². The van der Waals surface area contributed by atoms with E-state index in [0.29, 0.717) is 12.3 Å². The van der Waals surface area contributed by atoms with Crippen LogP contribution in [0.25, 0.3) is 0 Å². The lowest BCUT2D eigenvalue weighted by atomic mass is 9.84. The monoisotopic (exact) mass is 262 g/mol. The Kier molecular flexibility index (Phi) is 4.25. The first-order valence-corrected chi connectivity index (χ1v) is 6.84. The van der Waals surface area contributed by atoms with Crippen LogP contribution in [0.3, 0.4) is 0 Å². The third-order valence-corrected chi connectivity index (χ3v) is 4.15. The SMILES string of the molecule is COc1ccc(CC(=O)C2C(C)OC(C)C2C)cc1. The second kappa shape index (κ2) is 5.74. The van der Waals surface area contributed by atoms with Gasteiger partial charge in [0.25, 0.3) is 0 Å². The molecule has 0 amide bonds. The van der Waals surface area contributed by atoms with Crippen LogP contribution >= 0.6 is 0 Å². The van der Waals surface area contributed by atoms with Crippen molar-refractivity contribution in [3.63, 3.8) is 0 Å². The highest BCUT2D eigenvalue weighted by Gasteiger charge is 2.40. The van der Waals surface area contributed by atoms with Gasteiger partial charge in [-0.2, -0.15) is 0 Å². The lowest BCUT2D eigenvalue weighted by molar-refractivity contribution is -0.124. The van der Waals surface area contributed by atoms with Crippen molar-refractivity contribution in [1.82, 2.24) is 0 Å². The van der Waals surface area contributed by atoms with Gasteiger partial charge in [0.2, 0.25) is 0 Å². The standard InChI is InChI=1S/C16H22O3/c1-10-11(2)19-12(3)16(10)15(17)9-13-5-7-14(18-4)8-6-13/h5-8,10-12,16H,9H2,1-4H3. The molecule has 0 N–H and O–H groups in total. The minimum absolute atomic E-state index is 0.0112. The second-order valence-electron chi connectivity index (χ2n) is 5.42. The van der Waals surface area contributed by atoms with Gasteiger partial charge < -0.3 is 9.47 Å². The number of ether oxygens (including phenoxy) is 2. The van der Waals surface area contributed by atoms with Gasteiger partial charge in [-0.15, -0.1) is 0 Å². The average Bonchev–Trinajstić information content (AvgIpc) is 2.64. The van der Waals surface area contributed by atoms with E-state index in [4.69, 9.17) is 9.47 Å². The van der Waals surface area contributed by atoms with E-state index in [1.807, 2.05) is 38.1 Å². The normalized spacial score (nSPS) is 30.3. The van der Waals surface area contributed by atoms with Crippen molar-refractivity contribution >= 4 is 5.78 Å².